The van der Waals surface area contributed by atoms with Crippen molar-refractivity contribution in [3.63, 3.8) is 0 Å². The van der Waals surface area contributed by atoms with Gasteiger partial charge in [-0.2, -0.15) is 0 Å². The van der Waals surface area contributed by atoms with Crippen LogP contribution in [0.3, 0.4) is 0 Å². The van der Waals surface area contributed by atoms with Crippen molar-refractivity contribution in [3.8, 4) is 0 Å². The van der Waals surface area contributed by atoms with Crippen LogP contribution in [0.5, 0.6) is 0 Å². The van der Waals surface area contributed by atoms with Crippen LogP contribution in [-0.2, 0) is 6.42 Å². The van der Waals surface area contributed by atoms with Crippen molar-refractivity contribution in [2.45, 2.75) is 26.5 Å². The second-order valence-corrected chi connectivity index (χ2v) is 3.62. The molecule has 2 N–H and O–H groups in total. The summed E-state index contributed by atoms with van der Waals surface area (Å²) in [6.45, 7) is 3.49. The number of hydrogen-bond acceptors (Lipinski definition) is 2. The largest absolute Gasteiger partial charge is 0.374 e. The highest BCUT2D eigenvalue weighted by Crippen LogP contribution is 2.06. The highest BCUT2D eigenvalue weighted by atomic mass is 16.3. The second kappa shape index (κ2) is 6.08. The molecule has 0 heterocycles. The molecule has 0 fully saturated rings. The number of aliphatic hydroxyl groups excluding tert-OH is 1. The van der Waals surface area contributed by atoms with Gasteiger partial charge >= 0.3 is 0 Å². The Morgan fingerprint density at radius 2 is 2.06 bits per heavy atom. The predicted octanol–water partition coefficient (Wildman–Crippen LogP) is 1.87. The van der Waals surface area contributed by atoms with Gasteiger partial charge in [0.15, 0.2) is 0 Å². The van der Waals surface area contributed by atoms with Gasteiger partial charge in [0.1, 0.15) is 6.23 Å². The van der Waals surface area contributed by atoms with E-state index in [9.17, 15) is 4.79 Å². The number of allylic oxidation sites excluding steroid dienone is 2. The molecular weight excluding hydrogens is 202 g/mol. The normalized spacial score (nSPS) is 12.7. The molecule has 0 radical (unpaired) electrons. The van der Waals surface area contributed by atoms with E-state index in [1.807, 2.05) is 25.1 Å². The second-order valence-electron chi connectivity index (χ2n) is 3.62. The smallest absolute Gasteiger partial charge is 0.253 e. The fourth-order valence-electron chi connectivity index (χ4n) is 1.32. The molecule has 1 aromatic carbocycles. The highest BCUT2D eigenvalue weighted by Gasteiger charge is 2.06. The lowest BCUT2D eigenvalue weighted by atomic mass is 10.1. The molecule has 86 valence electrons. The van der Waals surface area contributed by atoms with E-state index < -0.39 is 6.23 Å². The fourth-order valence-corrected chi connectivity index (χ4v) is 1.32. The van der Waals surface area contributed by atoms with Crippen LogP contribution in [0.1, 0.15) is 29.8 Å². The third-order valence-electron chi connectivity index (χ3n) is 2.15. The minimum Gasteiger partial charge on any atom is -0.374 e. The van der Waals surface area contributed by atoms with Crippen LogP contribution in [0.15, 0.2) is 36.4 Å². The molecule has 1 atom stereocenters. The van der Waals surface area contributed by atoms with Crippen molar-refractivity contribution >= 4 is 5.91 Å². The Morgan fingerprint density at radius 3 is 2.56 bits per heavy atom. The van der Waals surface area contributed by atoms with Gasteiger partial charge in [0, 0.05) is 5.56 Å². The molecule has 0 saturated carbocycles. The maximum atomic E-state index is 11.5. The number of hydrogen-bond donors (Lipinski definition) is 2. The summed E-state index contributed by atoms with van der Waals surface area (Å²) in [5.74, 6) is -0.257. The zero-order valence-electron chi connectivity index (χ0n) is 9.60. The van der Waals surface area contributed by atoms with Gasteiger partial charge in [-0.15, -0.1) is 0 Å². The van der Waals surface area contributed by atoms with Crippen LogP contribution in [0.25, 0.3) is 0 Å². The fraction of sp³-hybridized carbons (Fsp3) is 0.308. The first-order valence-electron chi connectivity index (χ1n) is 5.32. The van der Waals surface area contributed by atoms with E-state index in [1.54, 1.807) is 12.1 Å². The molecule has 3 nitrogen and oxygen atoms in total. The summed E-state index contributed by atoms with van der Waals surface area (Å²) in [6, 6.07) is 7.35. The van der Waals surface area contributed by atoms with Crippen molar-refractivity contribution in [2.24, 2.45) is 0 Å². The maximum absolute atomic E-state index is 11.5. The number of rotatable bonds is 4. The van der Waals surface area contributed by atoms with E-state index in [0.29, 0.717) is 5.56 Å². The van der Waals surface area contributed by atoms with Crippen LogP contribution in [0.2, 0.25) is 0 Å². The maximum Gasteiger partial charge on any atom is 0.253 e. The SMILES string of the molecule is C/C=C\Cc1ccc(C(=O)NC(C)O)cc1. The topological polar surface area (TPSA) is 49.3 Å². The van der Waals surface area contributed by atoms with Gasteiger partial charge in [0.25, 0.3) is 5.91 Å². The quantitative estimate of drug-likeness (QED) is 0.600. The molecule has 0 spiro atoms. The monoisotopic (exact) mass is 219 g/mol. The van der Waals surface area contributed by atoms with Crippen molar-refractivity contribution in [2.75, 3.05) is 0 Å². The highest BCUT2D eigenvalue weighted by molar-refractivity contribution is 5.94. The molecule has 0 bridgehead atoms. The lowest BCUT2D eigenvalue weighted by Crippen LogP contribution is -2.31. The summed E-state index contributed by atoms with van der Waals surface area (Å²) in [6.07, 6.45) is 4.10. The first-order chi connectivity index (χ1) is 7.63. The minimum atomic E-state index is -0.824. The van der Waals surface area contributed by atoms with Gasteiger partial charge in [-0.3, -0.25) is 4.79 Å². The van der Waals surface area contributed by atoms with Crippen molar-refractivity contribution < 1.29 is 9.90 Å². The number of aliphatic hydroxyl groups is 1. The van der Waals surface area contributed by atoms with E-state index in [-0.39, 0.29) is 5.91 Å². The van der Waals surface area contributed by atoms with Gasteiger partial charge in [-0.05, 0) is 38.0 Å². The summed E-state index contributed by atoms with van der Waals surface area (Å²) >= 11 is 0. The average Bonchev–Trinajstić information content (AvgIpc) is 2.26. The molecule has 3 heteroatoms. The third kappa shape index (κ3) is 3.87. The standard InChI is InChI=1S/C13H17NO2/c1-3-4-5-11-6-8-12(9-7-11)13(16)14-10(2)15/h3-4,6-10,15H,5H2,1-2H3,(H,14,16)/b4-3-. The molecule has 1 amide bonds. The third-order valence-corrected chi connectivity index (χ3v) is 2.15. The molecule has 1 unspecified atom stereocenters. The molecule has 1 aromatic rings. The zero-order chi connectivity index (χ0) is 12.0. The summed E-state index contributed by atoms with van der Waals surface area (Å²) in [4.78, 5) is 11.5. The molecule has 0 aromatic heterocycles. The molecule has 0 aliphatic rings. The molecule has 16 heavy (non-hydrogen) atoms. The van der Waals surface area contributed by atoms with E-state index >= 15 is 0 Å². The van der Waals surface area contributed by atoms with E-state index in [1.165, 1.54) is 6.92 Å². The lowest BCUT2D eigenvalue weighted by molar-refractivity contribution is 0.0819. The Labute approximate surface area is 95.8 Å². The van der Waals surface area contributed by atoms with Crippen LogP contribution < -0.4 is 5.32 Å². The Balaban J connectivity index is 2.67. The lowest BCUT2D eigenvalue weighted by Gasteiger charge is -2.07. The Bertz CT molecular complexity index is 366. The van der Waals surface area contributed by atoms with Gasteiger partial charge in [-0.25, -0.2) is 0 Å². The Morgan fingerprint density at radius 1 is 1.44 bits per heavy atom. The van der Waals surface area contributed by atoms with Gasteiger partial charge in [0.2, 0.25) is 0 Å². The van der Waals surface area contributed by atoms with E-state index in [0.717, 1.165) is 12.0 Å². The molecule has 0 saturated heterocycles. The average molecular weight is 219 g/mol. The minimum absolute atomic E-state index is 0.257. The molecule has 0 aliphatic carbocycles. The van der Waals surface area contributed by atoms with Crippen LogP contribution in [-0.4, -0.2) is 17.2 Å². The van der Waals surface area contributed by atoms with Crippen molar-refractivity contribution in [1.82, 2.24) is 5.32 Å². The predicted molar refractivity (Wildman–Crippen MR) is 64.1 cm³/mol. The number of benzene rings is 1. The molecular formula is C13H17NO2. The summed E-state index contributed by atoms with van der Waals surface area (Å²) < 4.78 is 0. The van der Waals surface area contributed by atoms with Crippen molar-refractivity contribution in [1.29, 1.82) is 0 Å². The number of nitrogens with one attached hydrogen (secondary N) is 1. The van der Waals surface area contributed by atoms with Crippen LogP contribution in [0.4, 0.5) is 0 Å². The molecule has 0 aliphatic heterocycles. The van der Waals surface area contributed by atoms with Crippen LogP contribution in [0, 0.1) is 0 Å². The zero-order valence-corrected chi connectivity index (χ0v) is 9.60. The first-order valence-corrected chi connectivity index (χ1v) is 5.32. The number of amides is 1. The summed E-state index contributed by atoms with van der Waals surface area (Å²) in [5, 5.41) is 11.4. The van der Waals surface area contributed by atoms with Gasteiger partial charge in [-0.1, -0.05) is 24.3 Å². The summed E-state index contributed by atoms with van der Waals surface area (Å²) in [7, 11) is 0. The van der Waals surface area contributed by atoms with Gasteiger partial charge in [0.05, 0.1) is 0 Å². The van der Waals surface area contributed by atoms with E-state index in [2.05, 4.69) is 11.4 Å². The number of carbonyl (C=O) groups is 1. The number of carbonyl (C=O) groups excluding carboxylic acids is 1. The van der Waals surface area contributed by atoms with Crippen LogP contribution >= 0.6 is 0 Å². The van der Waals surface area contributed by atoms with Crippen molar-refractivity contribution in [3.05, 3.63) is 47.5 Å². The van der Waals surface area contributed by atoms with E-state index in [4.69, 9.17) is 5.11 Å². The Hall–Kier alpha value is -1.61. The molecule has 1 rings (SSSR count). The Kier molecular flexibility index (Phi) is 4.73. The first kappa shape index (κ1) is 12.5. The summed E-state index contributed by atoms with van der Waals surface area (Å²) in [5.41, 5.74) is 1.72. The van der Waals surface area contributed by atoms with Gasteiger partial charge < -0.3 is 10.4 Å².